The molecular formula is C8H9N2O3S-. The summed E-state index contributed by atoms with van der Waals surface area (Å²) in [6.45, 7) is 2.99. The second-order valence-corrected chi connectivity index (χ2v) is 3.40. The Bertz CT molecular complexity index is 474. The van der Waals surface area contributed by atoms with Gasteiger partial charge in [-0.2, -0.15) is 0 Å². The molecule has 1 heterocycles. The molecule has 0 saturated carbocycles. The van der Waals surface area contributed by atoms with Crippen LogP contribution < -0.4 is 10.7 Å². The quantitative estimate of drug-likeness (QED) is 0.654. The average Bonchev–Trinajstić information content (AvgIpc) is 2.01. The van der Waals surface area contributed by atoms with E-state index >= 15 is 0 Å². The van der Waals surface area contributed by atoms with Crippen LogP contribution in [0.25, 0.3) is 0 Å². The van der Waals surface area contributed by atoms with Gasteiger partial charge in [-0.3, -0.25) is 9.78 Å². The first-order valence-corrected chi connectivity index (χ1v) is 4.38. The van der Waals surface area contributed by atoms with E-state index in [-0.39, 0.29) is 10.3 Å². The van der Waals surface area contributed by atoms with Crippen molar-refractivity contribution < 1.29 is 9.90 Å². The number of carbonyl (C=O) groups is 1. The van der Waals surface area contributed by atoms with E-state index in [9.17, 15) is 14.7 Å². The number of H-pyrrole nitrogens is 2. The lowest BCUT2D eigenvalue weighted by molar-refractivity contribution is -0.307. The van der Waals surface area contributed by atoms with Gasteiger partial charge in [0, 0.05) is 23.1 Å². The van der Waals surface area contributed by atoms with Crippen LogP contribution in [0.3, 0.4) is 0 Å². The second-order valence-electron chi connectivity index (χ2n) is 2.99. The van der Waals surface area contributed by atoms with Crippen LogP contribution in [-0.4, -0.2) is 15.9 Å². The number of carboxylic acids is 1. The number of aryl methyl sites for hydroxylation is 1. The maximum absolute atomic E-state index is 11.4. The molecule has 1 aromatic heterocycles. The Kier molecular flexibility index (Phi) is 2.85. The van der Waals surface area contributed by atoms with Crippen molar-refractivity contribution in [1.29, 1.82) is 0 Å². The van der Waals surface area contributed by atoms with Gasteiger partial charge in [0.1, 0.15) is 0 Å². The second kappa shape index (κ2) is 3.75. The first-order chi connectivity index (χ1) is 6.43. The monoisotopic (exact) mass is 213 g/mol. The minimum absolute atomic E-state index is 0.151. The molecule has 0 amide bonds. The molecule has 0 bridgehead atoms. The van der Waals surface area contributed by atoms with Crippen molar-refractivity contribution in [3.8, 4) is 0 Å². The molecule has 0 aliphatic rings. The molecule has 1 atom stereocenters. The van der Waals surface area contributed by atoms with E-state index in [1.807, 2.05) is 0 Å². The van der Waals surface area contributed by atoms with Crippen LogP contribution in [0, 0.1) is 11.7 Å². The van der Waals surface area contributed by atoms with E-state index in [2.05, 4.69) is 9.97 Å². The van der Waals surface area contributed by atoms with Gasteiger partial charge in [-0.15, -0.1) is 0 Å². The minimum Gasteiger partial charge on any atom is -0.550 e. The molecule has 0 aliphatic heterocycles. The summed E-state index contributed by atoms with van der Waals surface area (Å²) in [7, 11) is 0. The van der Waals surface area contributed by atoms with E-state index in [1.54, 1.807) is 6.92 Å². The third-order valence-corrected chi connectivity index (χ3v) is 2.17. The molecule has 0 fully saturated rings. The first-order valence-electron chi connectivity index (χ1n) is 3.97. The molecule has 14 heavy (non-hydrogen) atoms. The predicted molar refractivity (Wildman–Crippen MR) is 50.4 cm³/mol. The maximum Gasteiger partial charge on any atom is 0.255 e. The number of hydrogen-bond acceptors (Lipinski definition) is 4. The Morgan fingerprint density at radius 3 is 2.50 bits per heavy atom. The fourth-order valence-electron chi connectivity index (χ4n) is 1.25. The van der Waals surface area contributed by atoms with Gasteiger partial charge in [-0.1, -0.05) is 6.92 Å². The third-order valence-electron chi connectivity index (χ3n) is 1.96. The van der Waals surface area contributed by atoms with Crippen molar-refractivity contribution in [3.63, 3.8) is 0 Å². The fraction of sp³-hybridized carbons (Fsp3) is 0.375. The summed E-state index contributed by atoms with van der Waals surface area (Å²) in [5.74, 6) is -2.24. The summed E-state index contributed by atoms with van der Waals surface area (Å²) in [6, 6.07) is 0. The topological polar surface area (TPSA) is 88.8 Å². The molecule has 0 spiro atoms. The lowest BCUT2D eigenvalue weighted by Gasteiger charge is -2.13. The van der Waals surface area contributed by atoms with Crippen molar-refractivity contribution in [1.82, 2.24) is 9.97 Å². The smallest absolute Gasteiger partial charge is 0.255 e. The van der Waals surface area contributed by atoms with Crippen molar-refractivity contribution in [2.45, 2.75) is 19.8 Å². The van der Waals surface area contributed by atoms with Gasteiger partial charge in [0.25, 0.3) is 5.56 Å². The molecule has 2 N–H and O–H groups in total. The summed E-state index contributed by atoms with van der Waals surface area (Å²) in [6.07, 6.45) is 0. The molecule has 5 nitrogen and oxygen atoms in total. The Hall–Kier alpha value is -1.43. The van der Waals surface area contributed by atoms with Gasteiger partial charge in [-0.25, -0.2) is 0 Å². The standard InChI is InChI=1S/C8H10N2O3S/c1-3(7(12)13)5-4(2)9-8(14)10-6(5)11/h3H,1-2H3,(H,12,13)(H2,9,10,11,14)/p-1/t3-/m0/s1. The van der Waals surface area contributed by atoms with Crippen LogP contribution in [0.2, 0.25) is 0 Å². The lowest BCUT2D eigenvalue weighted by Crippen LogP contribution is -2.32. The van der Waals surface area contributed by atoms with Gasteiger partial charge in [0.2, 0.25) is 0 Å². The summed E-state index contributed by atoms with van der Waals surface area (Å²) < 4.78 is 0.182. The highest BCUT2D eigenvalue weighted by molar-refractivity contribution is 7.71. The van der Waals surface area contributed by atoms with E-state index in [4.69, 9.17) is 12.2 Å². The lowest BCUT2D eigenvalue weighted by atomic mass is 10.0. The van der Waals surface area contributed by atoms with Crippen LogP contribution in [0.15, 0.2) is 4.79 Å². The zero-order valence-corrected chi connectivity index (χ0v) is 8.53. The van der Waals surface area contributed by atoms with E-state index in [0.717, 1.165) is 0 Å². The van der Waals surface area contributed by atoms with Crippen molar-refractivity contribution in [2.75, 3.05) is 0 Å². The largest absolute Gasteiger partial charge is 0.550 e. The number of nitrogens with one attached hydrogen (secondary N) is 2. The molecule has 0 unspecified atom stereocenters. The summed E-state index contributed by atoms with van der Waals surface area (Å²) in [4.78, 5) is 27.0. The van der Waals surface area contributed by atoms with Crippen molar-refractivity contribution in [2.24, 2.45) is 0 Å². The van der Waals surface area contributed by atoms with E-state index in [1.165, 1.54) is 6.92 Å². The van der Waals surface area contributed by atoms with Gasteiger partial charge in [0.15, 0.2) is 4.77 Å². The van der Waals surface area contributed by atoms with E-state index < -0.39 is 17.4 Å². The molecule has 6 heteroatoms. The highest BCUT2D eigenvalue weighted by Crippen LogP contribution is 2.11. The summed E-state index contributed by atoms with van der Waals surface area (Å²) in [5.41, 5.74) is 0.122. The molecular weight excluding hydrogens is 204 g/mol. The number of hydrogen-bond donors (Lipinski definition) is 2. The van der Waals surface area contributed by atoms with Crippen LogP contribution >= 0.6 is 12.2 Å². The third kappa shape index (κ3) is 1.90. The minimum atomic E-state index is -1.29. The van der Waals surface area contributed by atoms with Gasteiger partial charge in [-0.05, 0) is 19.1 Å². The number of aromatic nitrogens is 2. The van der Waals surface area contributed by atoms with Crippen LogP contribution in [-0.2, 0) is 4.79 Å². The Labute approximate surface area is 84.8 Å². The average molecular weight is 213 g/mol. The van der Waals surface area contributed by atoms with Gasteiger partial charge in [0.05, 0.1) is 0 Å². The molecule has 0 aliphatic carbocycles. The van der Waals surface area contributed by atoms with Crippen LogP contribution in [0.1, 0.15) is 24.1 Å². The highest BCUT2D eigenvalue weighted by Gasteiger charge is 2.13. The zero-order chi connectivity index (χ0) is 10.9. The number of carboxylic acid groups (broad SMARTS) is 1. The predicted octanol–water partition coefficient (Wildman–Crippen LogP) is -0.406. The number of rotatable bonds is 2. The normalized spacial score (nSPS) is 12.4. The molecule has 76 valence electrons. The van der Waals surface area contributed by atoms with Crippen LogP contribution in [0.5, 0.6) is 0 Å². The fourth-order valence-corrected chi connectivity index (χ4v) is 1.49. The summed E-state index contributed by atoms with van der Waals surface area (Å²) in [5, 5.41) is 10.6. The summed E-state index contributed by atoms with van der Waals surface area (Å²) >= 11 is 4.72. The SMILES string of the molecule is Cc1[nH]c(=S)[nH]c(=O)c1[C@H](C)C(=O)[O-]. The van der Waals surface area contributed by atoms with Gasteiger partial charge < -0.3 is 14.9 Å². The molecule has 0 radical (unpaired) electrons. The number of aromatic amines is 2. The molecule has 0 aromatic carbocycles. The Balaban J connectivity index is 3.42. The highest BCUT2D eigenvalue weighted by atomic mass is 32.1. The van der Waals surface area contributed by atoms with Gasteiger partial charge >= 0.3 is 0 Å². The molecule has 0 saturated heterocycles. The number of aliphatic carboxylic acids is 1. The molecule has 1 aromatic rings. The van der Waals surface area contributed by atoms with Crippen molar-refractivity contribution in [3.05, 3.63) is 26.4 Å². The zero-order valence-electron chi connectivity index (χ0n) is 7.71. The number of carbonyl (C=O) groups excluding carboxylic acids is 1. The van der Waals surface area contributed by atoms with Crippen molar-refractivity contribution >= 4 is 18.2 Å². The molecule has 1 rings (SSSR count). The van der Waals surface area contributed by atoms with E-state index in [0.29, 0.717) is 5.69 Å². The Morgan fingerprint density at radius 2 is 2.07 bits per heavy atom. The van der Waals surface area contributed by atoms with Crippen LogP contribution in [0.4, 0.5) is 0 Å². The maximum atomic E-state index is 11.4. The first kappa shape index (κ1) is 10.6. The Morgan fingerprint density at radius 1 is 1.50 bits per heavy atom.